The van der Waals surface area contributed by atoms with E-state index < -0.39 is 18.9 Å². The van der Waals surface area contributed by atoms with Crippen molar-refractivity contribution in [3.63, 3.8) is 0 Å². The zero-order chi connectivity index (χ0) is 13.6. The molecular formula is C9H10F3N3O3. The van der Waals surface area contributed by atoms with Crippen molar-refractivity contribution >= 4 is 6.09 Å². The van der Waals surface area contributed by atoms with Gasteiger partial charge in [-0.1, -0.05) is 0 Å². The summed E-state index contributed by atoms with van der Waals surface area (Å²) >= 11 is 0. The molecule has 0 radical (unpaired) electrons. The Kier molecular flexibility index (Phi) is 4.69. The lowest BCUT2D eigenvalue weighted by Crippen LogP contribution is -2.23. The molecule has 0 aliphatic rings. The molecule has 9 heteroatoms. The molecule has 1 amide bonds. The Morgan fingerprint density at radius 2 is 2.11 bits per heavy atom. The van der Waals surface area contributed by atoms with Crippen molar-refractivity contribution in [3.05, 3.63) is 17.8 Å². The van der Waals surface area contributed by atoms with Crippen LogP contribution in [0.2, 0.25) is 0 Å². The topological polar surface area (TPSA) is 73.3 Å². The molecule has 0 atom stereocenters. The summed E-state index contributed by atoms with van der Waals surface area (Å²) in [4.78, 5) is 10.7. The van der Waals surface area contributed by atoms with Gasteiger partial charge in [0.05, 0.1) is 19.3 Å². The Hall–Kier alpha value is -2.06. The third-order valence-corrected chi connectivity index (χ3v) is 1.68. The Balaban J connectivity index is 2.45. The molecule has 0 aromatic carbocycles. The standard InChI is InChI=1S/C9H10F3N3O3/c1-17-8(16)13-4-6-2-3-7(15-14-6)18-5-9(10,11)12/h2-3H,4-5H2,1H3,(H,13,16). The quantitative estimate of drug-likeness (QED) is 0.887. The number of rotatable bonds is 4. The Labute approximate surface area is 100 Å². The van der Waals surface area contributed by atoms with E-state index in [4.69, 9.17) is 0 Å². The average molecular weight is 265 g/mol. The number of aromatic nitrogens is 2. The van der Waals surface area contributed by atoms with Crippen molar-refractivity contribution in [1.82, 2.24) is 15.5 Å². The summed E-state index contributed by atoms with van der Waals surface area (Å²) in [5.74, 6) is -0.242. The first-order valence-electron chi connectivity index (χ1n) is 4.74. The first-order chi connectivity index (χ1) is 8.40. The molecule has 0 spiro atoms. The normalized spacial score (nSPS) is 10.9. The molecule has 0 unspecified atom stereocenters. The van der Waals surface area contributed by atoms with Crippen molar-refractivity contribution < 1.29 is 27.4 Å². The van der Waals surface area contributed by atoms with Crippen molar-refractivity contribution in [2.45, 2.75) is 12.7 Å². The van der Waals surface area contributed by atoms with Crippen LogP contribution in [-0.4, -0.2) is 36.2 Å². The van der Waals surface area contributed by atoms with Crippen LogP contribution in [0.5, 0.6) is 5.88 Å². The lowest BCUT2D eigenvalue weighted by Gasteiger charge is -2.08. The van der Waals surface area contributed by atoms with Gasteiger partial charge in [0.1, 0.15) is 0 Å². The predicted molar refractivity (Wildman–Crippen MR) is 52.8 cm³/mol. The maximum absolute atomic E-state index is 11.8. The summed E-state index contributed by atoms with van der Waals surface area (Å²) in [7, 11) is 1.20. The van der Waals surface area contributed by atoms with Crippen molar-refractivity contribution in [2.24, 2.45) is 0 Å². The van der Waals surface area contributed by atoms with Gasteiger partial charge in [-0.2, -0.15) is 18.3 Å². The molecule has 0 aliphatic heterocycles. The molecular weight excluding hydrogens is 255 g/mol. The highest BCUT2D eigenvalue weighted by molar-refractivity contribution is 5.66. The predicted octanol–water partition coefficient (Wildman–Crippen LogP) is 1.27. The molecule has 1 rings (SSSR count). The van der Waals surface area contributed by atoms with Crippen LogP contribution in [0.4, 0.5) is 18.0 Å². The number of nitrogens with one attached hydrogen (secondary N) is 1. The fourth-order valence-electron chi connectivity index (χ4n) is 0.910. The molecule has 1 heterocycles. The van der Waals surface area contributed by atoms with Gasteiger partial charge in [-0.15, -0.1) is 5.10 Å². The van der Waals surface area contributed by atoms with E-state index in [1.54, 1.807) is 0 Å². The SMILES string of the molecule is COC(=O)NCc1ccc(OCC(F)(F)F)nn1. The van der Waals surface area contributed by atoms with Gasteiger partial charge < -0.3 is 14.8 Å². The van der Waals surface area contributed by atoms with Crippen molar-refractivity contribution in [2.75, 3.05) is 13.7 Å². The number of alkyl carbamates (subject to hydrolysis) is 1. The molecule has 1 aromatic heterocycles. The lowest BCUT2D eigenvalue weighted by molar-refractivity contribution is -0.154. The third kappa shape index (κ3) is 5.32. The maximum atomic E-state index is 11.8. The summed E-state index contributed by atoms with van der Waals surface area (Å²) < 4.78 is 44.2. The fraction of sp³-hybridized carbons (Fsp3) is 0.444. The molecule has 0 saturated heterocycles. The van der Waals surface area contributed by atoms with Crippen molar-refractivity contribution in [1.29, 1.82) is 0 Å². The van der Waals surface area contributed by atoms with Gasteiger partial charge >= 0.3 is 12.3 Å². The summed E-state index contributed by atoms with van der Waals surface area (Å²) in [6, 6.07) is 2.61. The molecule has 0 fully saturated rings. The number of carbonyl (C=O) groups is 1. The number of hydrogen-bond donors (Lipinski definition) is 1. The second-order valence-corrected chi connectivity index (χ2v) is 3.11. The number of halogens is 3. The van der Waals surface area contributed by atoms with Crippen LogP contribution in [0.15, 0.2) is 12.1 Å². The maximum Gasteiger partial charge on any atom is 0.422 e. The molecule has 0 saturated carbocycles. The summed E-state index contributed by atoms with van der Waals surface area (Å²) in [5, 5.41) is 9.33. The van der Waals surface area contributed by atoms with Crippen molar-refractivity contribution in [3.8, 4) is 5.88 Å². The molecule has 18 heavy (non-hydrogen) atoms. The largest absolute Gasteiger partial charge is 0.467 e. The zero-order valence-corrected chi connectivity index (χ0v) is 9.32. The lowest BCUT2D eigenvalue weighted by atomic mass is 10.4. The van der Waals surface area contributed by atoms with Crippen LogP contribution in [0.25, 0.3) is 0 Å². The molecule has 1 N–H and O–H groups in total. The van der Waals surface area contributed by atoms with E-state index in [0.717, 1.165) is 0 Å². The minimum absolute atomic E-state index is 0.0548. The van der Waals surface area contributed by atoms with Gasteiger partial charge in [0.25, 0.3) is 0 Å². The molecule has 1 aromatic rings. The number of ether oxygens (including phenoxy) is 2. The molecule has 0 bridgehead atoms. The third-order valence-electron chi connectivity index (χ3n) is 1.68. The van der Waals surface area contributed by atoms with Gasteiger partial charge in [0.2, 0.25) is 5.88 Å². The Morgan fingerprint density at radius 1 is 1.39 bits per heavy atom. The van der Waals surface area contributed by atoms with Gasteiger partial charge in [-0.3, -0.25) is 0 Å². The first kappa shape index (κ1) is 14.0. The van der Waals surface area contributed by atoms with Crippen LogP contribution >= 0.6 is 0 Å². The van der Waals surface area contributed by atoms with E-state index in [1.807, 2.05) is 0 Å². The van der Waals surface area contributed by atoms with Crippen LogP contribution in [-0.2, 0) is 11.3 Å². The zero-order valence-electron chi connectivity index (χ0n) is 9.32. The monoisotopic (exact) mass is 265 g/mol. The van der Waals surface area contributed by atoms with E-state index in [-0.39, 0.29) is 12.4 Å². The second kappa shape index (κ2) is 6.03. The van der Waals surface area contributed by atoms with Crippen LogP contribution in [0, 0.1) is 0 Å². The van der Waals surface area contributed by atoms with E-state index in [1.165, 1.54) is 19.2 Å². The number of methoxy groups -OCH3 is 1. The van der Waals surface area contributed by atoms with E-state index in [0.29, 0.717) is 5.69 Å². The first-order valence-corrected chi connectivity index (χ1v) is 4.74. The highest BCUT2D eigenvalue weighted by Crippen LogP contribution is 2.16. The molecule has 0 aliphatic carbocycles. The van der Waals surface area contributed by atoms with Crippen LogP contribution < -0.4 is 10.1 Å². The van der Waals surface area contributed by atoms with E-state index in [2.05, 4.69) is 25.0 Å². The Bertz CT molecular complexity index is 394. The van der Waals surface area contributed by atoms with Gasteiger partial charge in [-0.25, -0.2) is 4.79 Å². The number of carbonyl (C=O) groups excluding carboxylic acids is 1. The number of hydrogen-bond acceptors (Lipinski definition) is 5. The minimum atomic E-state index is -4.42. The van der Waals surface area contributed by atoms with Gasteiger partial charge in [-0.05, 0) is 6.07 Å². The summed E-state index contributed by atoms with van der Waals surface area (Å²) in [5.41, 5.74) is 0.361. The second-order valence-electron chi connectivity index (χ2n) is 3.11. The van der Waals surface area contributed by atoms with Crippen LogP contribution in [0.3, 0.4) is 0 Å². The highest BCUT2D eigenvalue weighted by atomic mass is 19.4. The van der Waals surface area contributed by atoms with Crippen LogP contribution in [0.1, 0.15) is 5.69 Å². The minimum Gasteiger partial charge on any atom is -0.467 e. The summed E-state index contributed by atoms with van der Waals surface area (Å²) in [6.45, 7) is -1.37. The summed E-state index contributed by atoms with van der Waals surface area (Å²) in [6.07, 6.45) is -5.07. The number of amides is 1. The number of nitrogens with zero attached hydrogens (tertiary/aromatic N) is 2. The van der Waals surface area contributed by atoms with E-state index in [9.17, 15) is 18.0 Å². The number of alkyl halides is 3. The van der Waals surface area contributed by atoms with Gasteiger partial charge in [0, 0.05) is 6.07 Å². The molecule has 100 valence electrons. The Morgan fingerprint density at radius 3 is 2.61 bits per heavy atom. The van der Waals surface area contributed by atoms with E-state index >= 15 is 0 Å². The fourth-order valence-corrected chi connectivity index (χ4v) is 0.910. The highest BCUT2D eigenvalue weighted by Gasteiger charge is 2.28. The molecule has 6 nitrogen and oxygen atoms in total. The van der Waals surface area contributed by atoms with Gasteiger partial charge in [0.15, 0.2) is 6.61 Å². The average Bonchev–Trinajstić information content (AvgIpc) is 2.33. The smallest absolute Gasteiger partial charge is 0.422 e.